The Morgan fingerprint density at radius 3 is 2.95 bits per heavy atom. The predicted molar refractivity (Wildman–Crippen MR) is 89.8 cm³/mol. The van der Waals surface area contributed by atoms with E-state index in [2.05, 4.69) is 4.98 Å². The zero-order valence-electron chi connectivity index (χ0n) is 11.9. The van der Waals surface area contributed by atoms with E-state index < -0.39 is 10.0 Å². The van der Waals surface area contributed by atoms with Crippen molar-refractivity contribution in [2.45, 2.75) is 10.8 Å². The van der Waals surface area contributed by atoms with Gasteiger partial charge >= 0.3 is 0 Å². The Balaban J connectivity index is 1.86. The number of thioether (sulfide) groups is 1. The van der Waals surface area contributed by atoms with Gasteiger partial charge in [-0.15, -0.1) is 11.3 Å². The molecule has 1 fully saturated rings. The van der Waals surface area contributed by atoms with E-state index in [0.717, 1.165) is 20.2 Å². The number of primary sulfonamides is 1. The first-order valence-electron chi connectivity index (χ1n) is 6.61. The van der Waals surface area contributed by atoms with Gasteiger partial charge in [-0.2, -0.15) is 0 Å². The van der Waals surface area contributed by atoms with E-state index in [-0.39, 0.29) is 24.0 Å². The second-order valence-corrected chi connectivity index (χ2v) is 8.98. The highest BCUT2D eigenvalue weighted by Gasteiger charge is 2.32. The minimum atomic E-state index is -3.56. The van der Waals surface area contributed by atoms with Crippen LogP contribution in [0.2, 0.25) is 0 Å². The van der Waals surface area contributed by atoms with Crippen LogP contribution in [0.4, 0.5) is 5.69 Å². The lowest BCUT2D eigenvalue weighted by Crippen LogP contribution is -2.27. The summed E-state index contributed by atoms with van der Waals surface area (Å²) in [7, 11) is -3.56. The monoisotopic (exact) mass is 357 g/mol. The molecular formula is C13H15N3O3S3. The molecule has 0 aliphatic carbocycles. The normalized spacial score (nSPS) is 19.3. The van der Waals surface area contributed by atoms with Crippen molar-refractivity contribution in [1.82, 2.24) is 4.98 Å². The lowest BCUT2D eigenvalue weighted by atomic mass is 10.1. The smallest absolute Gasteiger partial charge is 0.227 e. The van der Waals surface area contributed by atoms with Crippen molar-refractivity contribution in [2.75, 3.05) is 23.5 Å². The van der Waals surface area contributed by atoms with E-state index in [0.29, 0.717) is 6.54 Å². The zero-order chi connectivity index (χ0) is 15.9. The molecule has 2 heterocycles. The molecule has 22 heavy (non-hydrogen) atoms. The Labute approximate surface area is 136 Å². The van der Waals surface area contributed by atoms with E-state index in [1.54, 1.807) is 28.0 Å². The summed E-state index contributed by atoms with van der Waals surface area (Å²) in [4.78, 5) is 18.2. The van der Waals surface area contributed by atoms with E-state index in [1.807, 2.05) is 24.5 Å². The van der Waals surface area contributed by atoms with Gasteiger partial charge in [-0.1, -0.05) is 11.8 Å². The second-order valence-electron chi connectivity index (χ2n) is 5.24. The maximum Gasteiger partial charge on any atom is 0.227 e. The average Bonchev–Trinajstić information content (AvgIpc) is 2.98. The third-order valence-corrected chi connectivity index (χ3v) is 6.45. The summed E-state index contributed by atoms with van der Waals surface area (Å²) in [5.74, 6) is -0.474. The molecule has 0 saturated carbocycles. The number of hydrogen-bond acceptors (Lipinski definition) is 6. The molecular weight excluding hydrogens is 342 g/mol. The molecule has 9 heteroatoms. The van der Waals surface area contributed by atoms with Crippen molar-refractivity contribution in [3.05, 3.63) is 18.2 Å². The number of thiazole rings is 1. The molecule has 0 radical (unpaired) electrons. The van der Waals surface area contributed by atoms with Crippen molar-refractivity contribution in [3.8, 4) is 0 Å². The van der Waals surface area contributed by atoms with Gasteiger partial charge in [-0.3, -0.25) is 4.79 Å². The van der Waals surface area contributed by atoms with Crippen molar-refractivity contribution in [3.63, 3.8) is 0 Å². The highest BCUT2D eigenvalue weighted by atomic mass is 32.2. The lowest BCUT2D eigenvalue weighted by Gasteiger charge is -2.16. The highest BCUT2D eigenvalue weighted by molar-refractivity contribution is 8.00. The number of anilines is 1. The first kappa shape index (κ1) is 15.7. The fraction of sp³-hybridized carbons (Fsp3) is 0.385. The van der Waals surface area contributed by atoms with Gasteiger partial charge in [0.1, 0.15) is 0 Å². The van der Waals surface area contributed by atoms with Gasteiger partial charge in [0, 0.05) is 24.6 Å². The predicted octanol–water partition coefficient (Wildman–Crippen LogP) is 1.66. The Hall–Kier alpha value is -1.16. The molecule has 6 nitrogen and oxygen atoms in total. The Morgan fingerprint density at radius 2 is 2.27 bits per heavy atom. The molecule has 2 aromatic rings. The van der Waals surface area contributed by atoms with Crippen LogP contribution in [0.5, 0.6) is 0 Å². The molecule has 3 rings (SSSR count). The quantitative estimate of drug-likeness (QED) is 0.840. The van der Waals surface area contributed by atoms with Crippen LogP contribution in [0.3, 0.4) is 0 Å². The molecule has 1 saturated heterocycles. The van der Waals surface area contributed by atoms with Crippen LogP contribution in [-0.4, -0.2) is 37.9 Å². The first-order chi connectivity index (χ1) is 10.4. The largest absolute Gasteiger partial charge is 0.312 e. The summed E-state index contributed by atoms with van der Waals surface area (Å²) in [6.45, 7) is 0.384. The van der Waals surface area contributed by atoms with Crippen LogP contribution in [0, 0.1) is 5.92 Å². The number of aromatic nitrogens is 1. The standard InChI is InChI=1S/C13H15N3O3S3/c1-20-13-15-10-3-2-9(5-11(10)21-13)16-6-8(4-12(16)17)7-22(14,18)19/h2-3,5,8H,4,6-7H2,1H3,(H2,14,18,19). The Kier molecular flexibility index (Phi) is 4.15. The highest BCUT2D eigenvalue weighted by Crippen LogP contribution is 2.33. The fourth-order valence-electron chi connectivity index (χ4n) is 2.62. The van der Waals surface area contributed by atoms with Gasteiger partial charge in [-0.05, 0) is 24.5 Å². The van der Waals surface area contributed by atoms with Gasteiger partial charge in [0.15, 0.2) is 4.34 Å². The molecule has 0 bridgehead atoms. The Bertz CT molecular complexity index is 831. The van der Waals surface area contributed by atoms with Crippen LogP contribution >= 0.6 is 23.1 Å². The van der Waals surface area contributed by atoms with Crippen LogP contribution in [0.25, 0.3) is 10.2 Å². The van der Waals surface area contributed by atoms with Gasteiger partial charge in [0.25, 0.3) is 0 Å². The number of sulfonamides is 1. The number of carbonyl (C=O) groups is 1. The number of nitrogens with two attached hydrogens (primary N) is 1. The molecule has 2 N–H and O–H groups in total. The number of rotatable bonds is 4. The van der Waals surface area contributed by atoms with Crippen molar-refractivity contribution < 1.29 is 13.2 Å². The minimum Gasteiger partial charge on any atom is -0.312 e. The summed E-state index contributed by atoms with van der Waals surface area (Å²) in [6.07, 6.45) is 2.19. The number of hydrogen-bond donors (Lipinski definition) is 1. The fourth-order valence-corrected chi connectivity index (χ4v) is 5.02. The van der Waals surface area contributed by atoms with Gasteiger partial charge in [0.2, 0.25) is 15.9 Å². The summed E-state index contributed by atoms with van der Waals surface area (Å²) in [6, 6.07) is 5.68. The molecule has 1 aromatic heterocycles. The molecule has 1 aliphatic rings. The summed E-state index contributed by atoms with van der Waals surface area (Å²) >= 11 is 3.17. The first-order valence-corrected chi connectivity index (χ1v) is 10.4. The summed E-state index contributed by atoms with van der Waals surface area (Å²) in [5.41, 5.74) is 1.69. The maximum atomic E-state index is 12.1. The van der Waals surface area contributed by atoms with Crippen LogP contribution < -0.4 is 10.0 Å². The number of amides is 1. The molecule has 1 aromatic carbocycles. The third-order valence-electron chi connectivity index (χ3n) is 3.51. The van der Waals surface area contributed by atoms with Crippen LogP contribution in [-0.2, 0) is 14.8 Å². The van der Waals surface area contributed by atoms with E-state index in [9.17, 15) is 13.2 Å². The SMILES string of the molecule is CSc1nc2ccc(N3CC(CS(N)(=O)=O)CC3=O)cc2s1. The van der Waals surface area contributed by atoms with Gasteiger partial charge < -0.3 is 4.90 Å². The maximum absolute atomic E-state index is 12.1. The minimum absolute atomic E-state index is 0.0670. The van der Waals surface area contributed by atoms with Crippen molar-refractivity contribution in [2.24, 2.45) is 11.1 Å². The van der Waals surface area contributed by atoms with Gasteiger partial charge in [-0.25, -0.2) is 18.5 Å². The molecule has 118 valence electrons. The number of fused-ring (bicyclic) bond motifs is 1. The number of carbonyl (C=O) groups excluding carboxylic acids is 1. The third kappa shape index (κ3) is 3.27. The van der Waals surface area contributed by atoms with E-state index in [1.165, 1.54) is 0 Å². The average molecular weight is 357 g/mol. The van der Waals surface area contributed by atoms with Crippen molar-refractivity contribution >= 4 is 54.9 Å². The number of nitrogens with zero attached hydrogens (tertiary/aromatic N) is 2. The molecule has 1 unspecified atom stereocenters. The van der Waals surface area contributed by atoms with Crippen LogP contribution in [0.1, 0.15) is 6.42 Å². The second kappa shape index (κ2) is 5.80. The Morgan fingerprint density at radius 1 is 1.50 bits per heavy atom. The zero-order valence-corrected chi connectivity index (χ0v) is 14.3. The number of benzene rings is 1. The van der Waals surface area contributed by atoms with Crippen LogP contribution in [0.15, 0.2) is 22.5 Å². The van der Waals surface area contributed by atoms with Crippen molar-refractivity contribution in [1.29, 1.82) is 0 Å². The molecule has 1 atom stereocenters. The summed E-state index contributed by atoms with van der Waals surface area (Å²) < 4.78 is 24.4. The topological polar surface area (TPSA) is 93.4 Å². The molecule has 1 amide bonds. The lowest BCUT2D eigenvalue weighted by molar-refractivity contribution is -0.117. The summed E-state index contributed by atoms with van der Waals surface area (Å²) in [5, 5.41) is 5.07. The molecule has 0 spiro atoms. The molecule has 1 aliphatic heterocycles. The van der Waals surface area contributed by atoms with E-state index >= 15 is 0 Å². The van der Waals surface area contributed by atoms with Gasteiger partial charge in [0.05, 0.1) is 16.0 Å². The van der Waals surface area contributed by atoms with E-state index in [4.69, 9.17) is 5.14 Å².